The maximum atomic E-state index is 14.7. The maximum Gasteiger partial charge on any atom is 0.422 e. The number of carbonyl (C=O) groups excluding carboxylic acids is 3. The van der Waals surface area contributed by atoms with Crippen molar-refractivity contribution in [2.75, 3.05) is 10.6 Å². The van der Waals surface area contributed by atoms with E-state index >= 15 is 0 Å². The molecule has 0 aliphatic rings. The number of thioether (sulfide) groups is 1. The number of carbonyl (C=O) groups is 3. The van der Waals surface area contributed by atoms with E-state index < -0.39 is 69.5 Å². The first kappa shape index (κ1) is 37.3. The number of rotatable bonds is 10. The summed E-state index contributed by atoms with van der Waals surface area (Å²) in [6, 6.07) is 26.4. The van der Waals surface area contributed by atoms with Crippen LogP contribution in [0.4, 0.5) is 46.5 Å². The van der Waals surface area contributed by atoms with Gasteiger partial charge in [0.15, 0.2) is 23.3 Å². The Kier molecular flexibility index (Phi) is 11.4. The van der Waals surface area contributed by atoms with Crippen molar-refractivity contribution in [2.45, 2.75) is 16.3 Å². The number of halogens is 8. The van der Waals surface area contributed by atoms with Crippen molar-refractivity contribution < 1.29 is 49.5 Å². The highest BCUT2D eigenvalue weighted by Crippen LogP contribution is 2.41. The Morgan fingerprint density at radius 2 is 1.27 bits per heavy atom. The summed E-state index contributed by atoms with van der Waals surface area (Å²) in [6.07, 6.45) is -4.46. The third-order valence-electron chi connectivity index (χ3n) is 7.19. The molecule has 1 atom stereocenters. The van der Waals surface area contributed by atoms with E-state index in [-0.39, 0.29) is 27.4 Å². The Labute approximate surface area is 294 Å². The van der Waals surface area contributed by atoms with Gasteiger partial charge in [0.1, 0.15) is 28.0 Å². The van der Waals surface area contributed by atoms with Crippen LogP contribution in [-0.4, -0.2) is 17.7 Å². The van der Waals surface area contributed by atoms with Gasteiger partial charge in [-0.1, -0.05) is 66.7 Å². The highest BCUT2D eigenvalue weighted by molar-refractivity contribution is 8.00. The van der Waals surface area contributed by atoms with Crippen LogP contribution >= 0.6 is 11.8 Å². The standard InChI is InChI=1S/C37H23F8N3O3S/c38-23-16-14-20(15-17-23)18-26(47-34(49)22-10-5-2-6-11-22)35(50)46-24-12-7-13-25(19-24)52-33(21-8-3-1-4-9-21)36(51)48-32-30(41)28(39)27(37(43,44)45)29(40)31(32)42/h1-19,33H,(H,46,50)(H,47,49)(H,48,51)/b26-18+. The Hall–Kier alpha value is -5.96. The zero-order chi connectivity index (χ0) is 37.6. The molecule has 0 radical (unpaired) electrons. The van der Waals surface area contributed by atoms with Gasteiger partial charge in [0.25, 0.3) is 11.8 Å². The first-order valence-corrected chi connectivity index (χ1v) is 15.8. The lowest BCUT2D eigenvalue weighted by Gasteiger charge is -2.19. The highest BCUT2D eigenvalue weighted by atomic mass is 32.2. The summed E-state index contributed by atoms with van der Waals surface area (Å²) in [5.74, 6) is -13.6. The molecule has 0 heterocycles. The molecule has 0 saturated carbocycles. The lowest BCUT2D eigenvalue weighted by atomic mass is 10.1. The van der Waals surface area contributed by atoms with E-state index in [4.69, 9.17) is 0 Å². The molecule has 15 heteroatoms. The highest BCUT2D eigenvalue weighted by Gasteiger charge is 2.43. The number of amides is 3. The molecule has 5 aromatic rings. The van der Waals surface area contributed by atoms with E-state index in [0.29, 0.717) is 5.56 Å². The van der Waals surface area contributed by atoms with E-state index in [0.717, 1.165) is 23.9 Å². The lowest BCUT2D eigenvalue weighted by molar-refractivity contribution is -0.143. The van der Waals surface area contributed by atoms with Gasteiger partial charge < -0.3 is 16.0 Å². The quantitative estimate of drug-likeness (QED) is 0.0577. The minimum atomic E-state index is -5.77. The first-order chi connectivity index (χ1) is 24.7. The number of anilines is 2. The van der Waals surface area contributed by atoms with Crippen LogP contribution in [0.5, 0.6) is 0 Å². The molecular formula is C37H23F8N3O3S. The second kappa shape index (κ2) is 15.9. The zero-order valence-corrected chi connectivity index (χ0v) is 27.0. The first-order valence-electron chi connectivity index (χ1n) is 14.9. The Bertz CT molecular complexity index is 2120. The van der Waals surface area contributed by atoms with Crippen LogP contribution in [0.1, 0.15) is 32.3 Å². The smallest absolute Gasteiger partial charge is 0.321 e. The van der Waals surface area contributed by atoms with Crippen LogP contribution in [0.15, 0.2) is 120 Å². The topological polar surface area (TPSA) is 87.3 Å². The van der Waals surface area contributed by atoms with Gasteiger partial charge >= 0.3 is 6.18 Å². The molecule has 52 heavy (non-hydrogen) atoms. The van der Waals surface area contributed by atoms with E-state index in [9.17, 15) is 49.5 Å². The van der Waals surface area contributed by atoms with E-state index in [1.807, 2.05) is 0 Å². The van der Waals surface area contributed by atoms with Crippen molar-refractivity contribution in [3.05, 3.63) is 166 Å². The summed E-state index contributed by atoms with van der Waals surface area (Å²) in [4.78, 5) is 40.1. The second-order valence-corrected chi connectivity index (χ2v) is 12.0. The van der Waals surface area contributed by atoms with Gasteiger partial charge in [0, 0.05) is 16.1 Å². The Morgan fingerprint density at radius 3 is 1.87 bits per heavy atom. The molecule has 266 valence electrons. The summed E-state index contributed by atoms with van der Waals surface area (Å²) in [5.41, 5.74) is -3.78. The normalized spacial score (nSPS) is 12.2. The molecule has 1 unspecified atom stereocenters. The van der Waals surface area contributed by atoms with Crippen molar-refractivity contribution in [1.82, 2.24) is 5.32 Å². The van der Waals surface area contributed by atoms with E-state index in [1.54, 1.807) is 29.6 Å². The number of alkyl halides is 3. The molecule has 3 amide bonds. The van der Waals surface area contributed by atoms with Crippen LogP contribution in [0.2, 0.25) is 0 Å². The molecule has 0 saturated heterocycles. The molecule has 3 N–H and O–H groups in total. The summed E-state index contributed by atoms with van der Waals surface area (Å²) in [7, 11) is 0. The van der Waals surface area contributed by atoms with Crippen LogP contribution in [0.25, 0.3) is 6.08 Å². The minimum Gasteiger partial charge on any atom is -0.321 e. The molecule has 5 aromatic carbocycles. The molecular weight excluding hydrogens is 718 g/mol. The monoisotopic (exact) mass is 741 g/mol. The zero-order valence-electron chi connectivity index (χ0n) is 26.2. The molecule has 0 fully saturated rings. The number of hydrogen-bond donors (Lipinski definition) is 3. The van der Waals surface area contributed by atoms with Crippen LogP contribution < -0.4 is 16.0 Å². The Morgan fingerprint density at radius 1 is 0.673 bits per heavy atom. The van der Waals surface area contributed by atoms with Crippen molar-refractivity contribution in [1.29, 1.82) is 0 Å². The van der Waals surface area contributed by atoms with Crippen molar-refractivity contribution in [3.8, 4) is 0 Å². The Balaban J connectivity index is 1.42. The third-order valence-corrected chi connectivity index (χ3v) is 8.44. The van der Waals surface area contributed by atoms with E-state index in [2.05, 4.69) is 10.6 Å². The van der Waals surface area contributed by atoms with Crippen LogP contribution in [0, 0.1) is 29.1 Å². The van der Waals surface area contributed by atoms with Gasteiger partial charge in [-0.2, -0.15) is 13.2 Å². The number of hydrogen-bond acceptors (Lipinski definition) is 4. The van der Waals surface area contributed by atoms with Crippen molar-refractivity contribution in [3.63, 3.8) is 0 Å². The van der Waals surface area contributed by atoms with E-state index in [1.165, 1.54) is 78.9 Å². The summed E-state index contributed by atoms with van der Waals surface area (Å²) >= 11 is 0.763. The third kappa shape index (κ3) is 8.84. The largest absolute Gasteiger partial charge is 0.422 e. The fraction of sp³-hybridized carbons (Fsp3) is 0.0541. The molecule has 0 spiro atoms. The van der Waals surface area contributed by atoms with Gasteiger partial charge in [0.05, 0.1) is 0 Å². The summed E-state index contributed by atoms with van der Waals surface area (Å²) < 4.78 is 111. The van der Waals surface area contributed by atoms with Gasteiger partial charge in [-0.25, -0.2) is 22.0 Å². The molecule has 0 aliphatic carbocycles. The average molecular weight is 742 g/mol. The van der Waals surface area contributed by atoms with Gasteiger partial charge in [-0.3, -0.25) is 14.4 Å². The van der Waals surface area contributed by atoms with Crippen LogP contribution in [-0.2, 0) is 15.8 Å². The summed E-state index contributed by atoms with van der Waals surface area (Å²) in [5, 5.41) is 5.42. The predicted octanol–water partition coefficient (Wildman–Crippen LogP) is 9.28. The number of benzene rings is 5. The maximum absolute atomic E-state index is 14.7. The molecule has 6 nitrogen and oxygen atoms in total. The SMILES string of the molecule is O=C(Nc1cccc(SC(C(=O)Nc2c(F)c(F)c(C(F)(F)F)c(F)c2F)c2ccccc2)c1)/C(=C\c1ccc(F)cc1)NC(=O)c1ccccc1. The summed E-state index contributed by atoms with van der Waals surface area (Å²) in [6.45, 7) is 0. The predicted molar refractivity (Wildman–Crippen MR) is 178 cm³/mol. The fourth-order valence-electron chi connectivity index (χ4n) is 4.73. The molecule has 0 aromatic heterocycles. The van der Waals surface area contributed by atoms with Crippen molar-refractivity contribution >= 4 is 46.9 Å². The van der Waals surface area contributed by atoms with Gasteiger partial charge in [-0.15, -0.1) is 11.8 Å². The second-order valence-electron chi connectivity index (χ2n) is 10.8. The minimum absolute atomic E-state index is 0.144. The average Bonchev–Trinajstić information content (AvgIpc) is 3.12. The molecule has 0 aliphatic heterocycles. The van der Waals surface area contributed by atoms with Crippen molar-refractivity contribution in [2.24, 2.45) is 0 Å². The van der Waals surface area contributed by atoms with Crippen LogP contribution in [0.3, 0.4) is 0 Å². The van der Waals surface area contributed by atoms with Gasteiger partial charge in [0.2, 0.25) is 5.91 Å². The lowest BCUT2D eigenvalue weighted by Crippen LogP contribution is -2.30. The molecule has 0 bridgehead atoms. The number of nitrogens with one attached hydrogen (secondary N) is 3. The van der Waals surface area contributed by atoms with Gasteiger partial charge in [-0.05, 0) is 59.7 Å². The molecule has 5 rings (SSSR count). The fourth-order valence-corrected chi connectivity index (χ4v) is 5.81.